The Balaban J connectivity index is 3.41. The van der Waals surface area contributed by atoms with E-state index in [1.165, 1.54) is 0 Å². The number of rotatable bonds is 3. The molecule has 18 heavy (non-hydrogen) atoms. The van der Waals surface area contributed by atoms with Crippen molar-refractivity contribution in [3.8, 4) is 12.0 Å². The van der Waals surface area contributed by atoms with Crippen LogP contribution >= 0.6 is 0 Å². The van der Waals surface area contributed by atoms with Gasteiger partial charge in [0.15, 0.2) is 0 Å². The highest BCUT2D eigenvalue weighted by atomic mass is 32.3. The average molecular weight is 289 g/mol. The van der Waals surface area contributed by atoms with Crippen molar-refractivity contribution in [2.45, 2.75) is 0 Å². The minimum Gasteiger partial charge on any atom is -0.346 e. The van der Waals surface area contributed by atoms with Crippen LogP contribution in [0.25, 0.3) is 0 Å². The van der Waals surface area contributed by atoms with Gasteiger partial charge in [-0.05, 0) is 0 Å². The SMILES string of the molecule is N#COS(=O)(=O)Oc1c(F)c(F)c(F)c(F)c1F. The zero-order valence-corrected chi connectivity index (χ0v) is 8.69. The van der Waals surface area contributed by atoms with Crippen molar-refractivity contribution in [3.05, 3.63) is 29.1 Å². The normalized spacial score (nSPS) is 10.9. The van der Waals surface area contributed by atoms with Crippen LogP contribution in [0.2, 0.25) is 0 Å². The first kappa shape index (κ1) is 14.0. The molecular weight excluding hydrogens is 289 g/mol. The summed E-state index contributed by atoms with van der Waals surface area (Å²) in [5.74, 6) is -14.4. The van der Waals surface area contributed by atoms with Crippen molar-refractivity contribution in [1.29, 1.82) is 5.26 Å². The van der Waals surface area contributed by atoms with E-state index >= 15 is 0 Å². The van der Waals surface area contributed by atoms with Gasteiger partial charge in [-0.2, -0.15) is 8.78 Å². The van der Waals surface area contributed by atoms with Gasteiger partial charge in [-0.1, -0.05) is 0 Å². The molecule has 0 atom stereocenters. The Morgan fingerprint density at radius 2 is 1.28 bits per heavy atom. The Hall–Kier alpha value is -2.09. The molecule has 5 nitrogen and oxygen atoms in total. The maximum Gasteiger partial charge on any atom is 0.511 e. The number of nitrogens with zero attached hydrogens (tertiary/aromatic N) is 1. The topological polar surface area (TPSA) is 76.4 Å². The molecule has 0 aromatic heterocycles. The number of halogens is 5. The van der Waals surface area contributed by atoms with Crippen LogP contribution in [0.15, 0.2) is 0 Å². The summed E-state index contributed by atoms with van der Waals surface area (Å²) in [5.41, 5.74) is 0. The Morgan fingerprint density at radius 1 is 0.889 bits per heavy atom. The molecule has 0 saturated carbocycles. The van der Waals surface area contributed by atoms with Crippen molar-refractivity contribution in [1.82, 2.24) is 0 Å². The molecule has 1 rings (SSSR count). The van der Waals surface area contributed by atoms with Gasteiger partial charge in [0.2, 0.25) is 34.8 Å². The Bertz CT molecular complexity index is 609. The minimum atomic E-state index is -5.27. The van der Waals surface area contributed by atoms with Crippen LogP contribution in [0.5, 0.6) is 5.75 Å². The van der Waals surface area contributed by atoms with E-state index in [0.29, 0.717) is 6.26 Å². The predicted molar refractivity (Wildman–Crippen MR) is 42.5 cm³/mol. The molecule has 0 heterocycles. The van der Waals surface area contributed by atoms with Gasteiger partial charge in [0.25, 0.3) is 0 Å². The second-order valence-corrected chi connectivity index (χ2v) is 3.72. The summed E-state index contributed by atoms with van der Waals surface area (Å²) in [6.45, 7) is 0. The zero-order valence-electron chi connectivity index (χ0n) is 7.88. The highest BCUT2D eigenvalue weighted by Gasteiger charge is 2.30. The van der Waals surface area contributed by atoms with Crippen LogP contribution < -0.4 is 4.18 Å². The van der Waals surface area contributed by atoms with Gasteiger partial charge in [0.1, 0.15) is 0 Å². The van der Waals surface area contributed by atoms with Crippen molar-refractivity contribution in [2.24, 2.45) is 0 Å². The van der Waals surface area contributed by atoms with E-state index in [2.05, 4.69) is 8.37 Å². The summed E-state index contributed by atoms with van der Waals surface area (Å²) in [7, 11) is -5.27. The number of nitriles is 1. The first-order valence-electron chi connectivity index (χ1n) is 3.74. The highest BCUT2D eigenvalue weighted by molar-refractivity contribution is 7.82. The first-order valence-corrected chi connectivity index (χ1v) is 5.08. The molecule has 0 radical (unpaired) electrons. The van der Waals surface area contributed by atoms with Gasteiger partial charge >= 0.3 is 16.7 Å². The standard InChI is InChI=1S/C7F5NO4S/c8-2-3(9)5(11)7(6(12)4(2)10)17-18(14,15)16-1-13. The van der Waals surface area contributed by atoms with E-state index in [1.54, 1.807) is 0 Å². The van der Waals surface area contributed by atoms with Crippen molar-refractivity contribution < 1.29 is 38.7 Å². The Labute approximate surface area is 96.3 Å². The monoisotopic (exact) mass is 289 g/mol. The highest BCUT2D eigenvalue weighted by Crippen LogP contribution is 2.30. The van der Waals surface area contributed by atoms with E-state index < -0.39 is 45.2 Å². The van der Waals surface area contributed by atoms with Crippen LogP contribution in [0.3, 0.4) is 0 Å². The minimum absolute atomic E-state index is 0.588. The molecule has 0 aliphatic carbocycles. The molecule has 0 aliphatic heterocycles. The molecular formula is C7F5NO4S. The Kier molecular flexibility index (Phi) is 3.61. The smallest absolute Gasteiger partial charge is 0.346 e. The maximum atomic E-state index is 12.9. The molecule has 0 unspecified atom stereocenters. The molecule has 0 aliphatic rings. The second kappa shape index (κ2) is 4.65. The van der Waals surface area contributed by atoms with Crippen molar-refractivity contribution in [2.75, 3.05) is 0 Å². The third-order valence-corrected chi connectivity index (χ3v) is 2.14. The molecule has 1 aromatic rings. The Morgan fingerprint density at radius 3 is 1.67 bits per heavy atom. The third-order valence-electron chi connectivity index (χ3n) is 1.49. The summed E-state index contributed by atoms with van der Waals surface area (Å²) < 4.78 is 91.7. The van der Waals surface area contributed by atoms with Gasteiger partial charge in [-0.25, -0.2) is 13.2 Å². The van der Waals surface area contributed by atoms with Crippen LogP contribution in [-0.2, 0) is 14.6 Å². The third kappa shape index (κ3) is 2.43. The number of hydrogen-bond acceptors (Lipinski definition) is 5. The first-order chi connectivity index (χ1) is 8.21. The molecule has 0 bridgehead atoms. The summed E-state index contributed by atoms with van der Waals surface area (Å²) in [6.07, 6.45) is 0.588. The van der Waals surface area contributed by atoms with E-state index in [-0.39, 0.29) is 0 Å². The van der Waals surface area contributed by atoms with Crippen LogP contribution in [-0.4, -0.2) is 8.42 Å². The largest absolute Gasteiger partial charge is 0.511 e. The summed E-state index contributed by atoms with van der Waals surface area (Å²) in [4.78, 5) is 0. The van der Waals surface area contributed by atoms with Gasteiger partial charge < -0.3 is 4.18 Å². The number of benzene rings is 1. The van der Waals surface area contributed by atoms with E-state index in [0.717, 1.165) is 0 Å². The lowest BCUT2D eigenvalue weighted by Crippen LogP contribution is -2.14. The van der Waals surface area contributed by atoms with Crippen LogP contribution in [0.1, 0.15) is 0 Å². The molecule has 0 saturated heterocycles. The molecule has 1 aromatic carbocycles. The van der Waals surface area contributed by atoms with Gasteiger partial charge in [-0.15, -0.1) is 13.7 Å². The molecule has 11 heteroatoms. The van der Waals surface area contributed by atoms with Gasteiger partial charge in [0.05, 0.1) is 0 Å². The van der Waals surface area contributed by atoms with Gasteiger partial charge in [-0.3, -0.25) is 4.18 Å². The lowest BCUT2D eigenvalue weighted by molar-refractivity contribution is 0.322. The lowest BCUT2D eigenvalue weighted by Gasteiger charge is -2.07. The van der Waals surface area contributed by atoms with Crippen LogP contribution in [0, 0.1) is 40.6 Å². The van der Waals surface area contributed by atoms with Crippen molar-refractivity contribution >= 4 is 10.4 Å². The molecule has 98 valence electrons. The fourth-order valence-electron chi connectivity index (χ4n) is 0.823. The van der Waals surface area contributed by atoms with Crippen LogP contribution in [0.4, 0.5) is 22.0 Å². The molecule has 0 fully saturated rings. The zero-order chi connectivity index (χ0) is 14.1. The molecule has 0 spiro atoms. The van der Waals surface area contributed by atoms with Crippen molar-refractivity contribution in [3.63, 3.8) is 0 Å². The summed E-state index contributed by atoms with van der Waals surface area (Å²) in [5, 5.41) is 7.84. The fraction of sp³-hybridized carbons (Fsp3) is 0. The van der Waals surface area contributed by atoms with E-state index in [4.69, 9.17) is 5.26 Å². The van der Waals surface area contributed by atoms with E-state index in [1.807, 2.05) is 0 Å². The lowest BCUT2D eigenvalue weighted by atomic mass is 10.3. The van der Waals surface area contributed by atoms with E-state index in [9.17, 15) is 30.4 Å². The fourth-order valence-corrected chi connectivity index (χ4v) is 1.30. The molecule has 0 N–H and O–H groups in total. The average Bonchev–Trinajstić information content (AvgIpc) is 2.30. The number of hydrogen-bond donors (Lipinski definition) is 0. The maximum absolute atomic E-state index is 12.9. The van der Waals surface area contributed by atoms with Gasteiger partial charge in [0, 0.05) is 0 Å². The summed E-state index contributed by atoms with van der Waals surface area (Å²) >= 11 is 0. The predicted octanol–water partition coefficient (Wildman–Crippen LogP) is 1.50. The second-order valence-electron chi connectivity index (χ2n) is 2.57. The quantitative estimate of drug-likeness (QED) is 0.365. The summed E-state index contributed by atoms with van der Waals surface area (Å²) in [6, 6.07) is 0. The molecule has 0 amide bonds.